The van der Waals surface area contributed by atoms with E-state index < -0.39 is 0 Å². The number of nitrogens with one attached hydrogen (secondary N) is 1. The Hall–Kier alpha value is -0.410. The molecule has 0 bridgehead atoms. The zero-order valence-corrected chi connectivity index (χ0v) is 12.7. The van der Waals surface area contributed by atoms with Crippen LogP contribution in [0.1, 0.15) is 38.7 Å². The van der Waals surface area contributed by atoms with Crippen molar-refractivity contribution in [3.63, 3.8) is 0 Å². The molecule has 1 fully saturated rings. The largest absolute Gasteiger partial charge is 0.314 e. The van der Waals surface area contributed by atoms with Crippen LogP contribution < -0.4 is 5.32 Å². The Morgan fingerprint density at radius 3 is 2.78 bits per heavy atom. The molecule has 0 aromatic heterocycles. The number of hydrogen-bond acceptors (Lipinski definition) is 1. The van der Waals surface area contributed by atoms with Crippen molar-refractivity contribution in [2.45, 2.75) is 45.6 Å². The molecule has 1 aliphatic carbocycles. The maximum Gasteiger partial charge on any atom is 0.126 e. The van der Waals surface area contributed by atoms with Gasteiger partial charge in [-0.05, 0) is 68.3 Å². The van der Waals surface area contributed by atoms with E-state index in [0.717, 1.165) is 29.4 Å². The van der Waals surface area contributed by atoms with E-state index in [2.05, 4.69) is 35.1 Å². The second-order valence-corrected chi connectivity index (χ2v) is 6.37. The van der Waals surface area contributed by atoms with Crippen molar-refractivity contribution in [2.75, 3.05) is 6.54 Å². The van der Waals surface area contributed by atoms with Gasteiger partial charge in [0.1, 0.15) is 5.82 Å². The summed E-state index contributed by atoms with van der Waals surface area (Å²) in [5.41, 5.74) is 1.11. The van der Waals surface area contributed by atoms with Crippen LogP contribution in [0, 0.1) is 11.2 Å². The van der Waals surface area contributed by atoms with Crippen molar-refractivity contribution < 1.29 is 4.39 Å². The van der Waals surface area contributed by atoms with E-state index >= 15 is 0 Å². The van der Waals surface area contributed by atoms with Gasteiger partial charge in [-0.1, -0.05) is 22.9 Å². The van der Waals surface area contributed by atoms with Crippen molar-refractivity contribution in [3.8, 4) is 0 Å². The zero-order valence-electron chi connectivity index (χ0n) is 11.1. The lowest BCUT2D eigenvalue weighted by atomic mass is 9.89. The van der Waals surface area contributed by atoms with Gasteiger partial charge >= 0.3 is 0 Å². The second-order valence-electron chi connectivity index (χ2n) is 5.45. The summed E-state index contributed by atoms with van der Waals surface area (Å²) >= 11 is 3.42. The van der Waals surface area contributed by atoms with Gasteiger partial charge in [0, 0.05) is 10.5 Å². The summed E-state index contributed by atoms with van der Waals surface area (Å²) in [7, 11) is 0. The third-order valence-electron chi connectivity index (χ3n) is 4.06. The van der Waals surface area contributed by atoms with Gasteiger partial charge in [-0.25, -0.2) is 4.39 Å². The average molecular weight is 314 g/mol. The predicted octanol–water partition coefficient (Wildman–Crippen LogP) is 4.30. The Morgan fingerprint density at radius 1 is 1.44 bits per heavy atom. The maximum atomic E-state index is 13.8. The van der Waals surface area contributed by atoms with Crippen LogP contribution in [0.3, 0.4) is 0 Å². The Morgan fingerprint density at radius 2 is 2.17 bits per heavy atom. The van der Waals surface area contributed by atoms with Crippen molar-refractivity contribution in [1.29, 1.82) is 0 Å². The van der Waals surface area contributed by atoms with E-state index in [4.69, 9.17) is 0 Å². The van der Waals surface area contributed by atoms with Crippen LogP contribution in [0.2, 0.25) is 0 Å². The lowest BCUT2D eigenvalue weighted by molar-refractivity contribution is 0.346. The van der Waals surface area contributed by atoms with Crippen LogP contribution in [0.4, 0.5) is 4.39 Å². The van der Waals surface area contributed by atoms with Gasteiger partial charge in [0.05, 0.1) is 0 Å². The van der Waals surface area contributed by atoms with E-state index in [0.29, 0.717) is 6.04 Å². The first-order valence-electron chi connectivity index (χ1n) is 6.75. The quantitative estimate of drug-likeness (QED) is 0.825. The highest BCUT2D eigenvalue weighted by molar-refractivity contribution is 9.10. The fourth-order valence-electron chi connectivity index (χ4n) is 2.56. The molecule has 0 saturated heterocycles. The van der Waals surface area contributed by atoms with Crippen LogP contribution in [-0.4, -0.2) is 12.6 Å². The lowest BCUT2D eigenvalue weighted by Crippen LogP contribution is -2.36. The normalized spacial score (nSPS) is 18.7. The molecule has 2 rings (SSSR count). The molecular formula is C15H21BrFN. The zero-order chi connectivity index (χ0) is 13.2. The van der Waals surface area contributed by atoms with E-state index in [1.807, 2.05) is 6.07 Å². The van der Waals surface area contributed by atoms with Gasteiger partial charge < -0.3 is 5.32 Å². The van der Waals surface area contributed by atoms with Gasteiger partial charge in [-0.3, -0.25) is 0 Å². The molecule has 1 atom stereocenters. The van der Waals surface area contributed by atoms with Gasteiger partial charge in [-0.15, -0.1) is 0 Å². The molecule has 1 N–H and O–H groups in total. The molecule has 1 aromatic rings. The smallest absolute Gasteiger partial charge is 0.126 e. The van der Waals surface area contributed by atoms with Crippen LogP contribution in [0.15, 0.2) is 22.7 Å². The maximum absolute atomic E-state index is 13.8. The molecule has 1 saturated carbocycles. The molecule has 1 aliphatic rings. The molecule has 1 nitrogen and oxygen atoms in total. The van der Waals surface area contributed by atoms with Gasteiger partial charge in [0.25, 0.3) is 0 Å². The Kier molecular flexibility index (Phi) is 4.44. The van der Waals surface area contributed by atoms with Crippen molar-refractivity contribution >= 4 is 15.9 Å². The van der Waals surface area contributed by atoms with E-state index in [1.165, 1.54) is 12.8 Å². The van der Waals surface area contributed by atoms with Crippen LogP contribution in [0.5, 0.6) is 0 Å². The molecule has 1 unspecified atom stereocenters. The highest BCUT2D eigenvalue weighted by Gasteiger charge is 2.47. The van der Waals surface area contributed by atoms with E-state index in [9.17, 15) is 4.39 Å². The predicted molar refractivity (Wildman–Crippen MR) is 77.2 cm³/mol. The first-order valence-corrected chi connectivity index (χ1v) is 7.54. The third-order valence-corrected chi connectivity index (χ3v) is 4.55. The highest BCUT2D eigenvalue weighted by Crippen LogP contribution is 2.51. The van der Waals surface area contributed by atoms with Crippen LogP contribution in [0.25, 0.3) is 0 Å². The summed E-state index contributed by atoms with van der Waals surface area (Å²) in [6, 6.07) is 5.70. The molecule has 0 spiro atoms. The fourth-order valence-corrected chi connectivity index (χ4v) is 2.97. The monoisotopic (exact) mass is 313 g/mol. The van der Waals surface area contributed by atoms with Crippen molar-refractivity contribution in [2.24, 2.45) is 5.41 Å². The summed E-state index contributed by atoms with van der Waals surface area (Å²) in [6.45, 7) is 5.45. The number of hydrogen-bond donors (Lipinski definition) is 1. The molecule has 0 amide bonds. The average Bonchev–Trinajstić information content (AvgIpc) is 3.12. The molecule has 18 heavy (non-hydrogen) atoms. The van der Waals surface area contributed by atoms with Gasteiger partial charge in [0.2, 0.25) is 0 Å². The minimum Gasteiger partial charge on any atom is -0.314 e. The first-order chi connectivity index (χ1) is 8.57. The Balaban J connectivity index is 2.06. The summed E-state index contributed by atoms with van der Waals surface area (Å²) in [5, 5.41) is 3.56. The van der Waals surface area contributed by atoms with E-state index in [-0.39, 0.29) is 11.2 Å². The van der Waals surface area contributed by atoms with Gasteiger partial charge in [0.15, 0.2) is 0 Å². The summed E-state index contributed by atoms with van der Waals surface area (Å²) in [6.07, 6.45) is 4.40. The summed E-state index contributed by atoms with van der Waals surface area (Å²) < 4.78 is 14.8. The number of benzene rings is 1. The summed E-state index contributed by atoms with van der Waals surface area (Å²) in [4.78, 5) is 0. The Bertz CT molecular complexity index is 415. The molecule has 0 heterocycles. The number of halogens is 2. The number of rotatable bonds is 6. The van der Waals surface area contributed by atoms with Gasteiger partial charge in [-0.2, -0.15) is 0 Å². The molecule has 1 aromatic carbocycles. The minimum absolute atomic E-state index is 0.0767. The minimum atomic E-state index is -0.0767. The van der Waals surface area contributed by atoms with Crippen molar-refractivity contribution in [3.05, 3.63) is 34.1 Å². The SMILES string of the molecule is CCCNC(C)C1(Cc2cc(Br)ccc2F)CC1. The standard InChI is InChI=1S/C15H21BrFN/c1-3-8-18-11(2)15(6-7-15)10-12-9-13(16)4-5-14(12)17/h4-5,9,11,18H,3,6-8,10H2,1-2H3. The highest BCUT2D eigenvalue weighted by atomic mass is 79.9. The molecule has 0 radical (unpaired) electrons. The summed E-state index contributed by atoms with van der Waals surface area (Å²) in [5.74, 6) is -0.0767. The van der Waals surface area contributed by atoms with E-state index in [1.54, 1.807) is 12.1 Å². The van der Waals surface area contributed by atoms with Crippen molar-refractivity contribution in [1.82, 2.24) is 5.32 Å². The molecular weight excluding hydrogens is 293 g/mol. The second kappa shape index (κ2) is 5.70. The molecule has 100 valence electrons. The molecule has 0 aliphatic heterocycles. The Labute approximate surface area is 117 Å². The molecule has 3 heteroatoms. The van der Waals surface area contributed by atoms with Crippen LogP contribution in [-0.2, 0) is 6.42 Å². The topological polar surface area (TPSA) is 12.0 Å². The fraction of sp³-hybridized carbons (Fsp3) is 0.600. The lowest BCUT2D eigenvalue weighted by Gasteiger charge is -2.25. The first kappa shape index (κ1) is 14.0. The van der Waals surface area contributed by atoms with Crippen LogP contribution >= 0.6 is 15.9 Å². The third kappa shape index (κ3) is 3.12.